The number of hydrogen-bond donors (Lipinski definition) is 2. The molecule has 84 valence electrons. The van der Waals surface area contributed by atoms with Gasteiger partial charge in [-0.2, -0.15) is 0 Å². The molecule has 0 saturated carbocycles. The highest BCUT2D eigenvalue weighted by Crippen LogP contribution is 2.05. The lowest BCUT2D eigenvalue weighted by Crippen LogP contribution is -2.00. The molecule has 0 fully saturated rings. The summed E-state index contributed by atoms with van der Waals surface area (Å²) in [5.74, 6) is 0. The third kappa shape index (κ3) is 22.7. The number of rotatable bonds is 8. The van der Waals surface area contributed by atoms with E-state index in [2.05, 4.69) is 18.4 Å². The van der Waals surface area contributed by atoms with Crippen molar-refractivity contribution in [1.29, 1.82) is 0 Å². The lowest BCUT2D eigenvalue weighted by atomic mass is 10.1. The maximum Gasteiger partial charge on any atom is 0.421 e. The zero-order valence-corrected chi connectivity index (χ0v) is 9.67. The van der Waals surface area contributed by atoms with Gasteiger partial charge in [0.2, 0.25) is 0 Å². The molecule has 0 rings (SSSR count). The normalized spacial score (nSPS) is 8.86. The first-order valence-electron chi connectivity index (χ1n) is 5.62. The molecular weight excluding hydrogens is 178 g/mol. The largest absolute Gasteiger partial charge is 0.457 e. The molecule has 0 spiro atoms. The zero-order valence-electron chi connectivity index (χ0n) is 9.67. The molecule has 0 aromatic carbocycles. The van der Waals surface area contributed by atoms with Crippen molar-refractivity contribution in [2.24, 2.45) is 0 Å². The highest BCUT2D eigenvalue weighted by atomic mass is 16.5. The van der Waals surface area contributed by atoms with Crippen molar-refractivity contribution >= 4 is 15.4 Å². The van der Waals surface area contributed by atoms with Gasteiger partial charge in [-0.05, 0) is 0 Å². The fourth-order valence-corrected chi connectivity index (χ4v) is 1.07. The van der Waals surface area contributed by atoms with Crippen LogP contribution in [0, 0.1) is 0 Å². The minimum absolute atomic E-state index is 0.406. The Labute approximate surface area is 89.5 Å². The second-order valence-electron chi connectivity index (χ2n) is 3.23. The Hall–Kier alpha value is 0.00987. The average Bonchev–Trinajstić information content (AvgIpc) is 2.20. The summed E-state index contributed by atoms with van der Waals surface area (Å²) in [5.41, 5.74) is 0. The lowest BCUT2D eigenvalue weighted by molar-refractivity contribution is 0.408. The minimum Gasteiger partial charge on any atom is -0.457 e. The van der Waals surface area contributed by atoms with Gasteiger partial charge in [-0.25, -0.2) is 0 Å². The molecule has 0 saturated heterocycles. The van der Waals surface area contributed by atoms with Crippen molar-refractivity contribution in [3.63, 3.8) is 0 Å². The van der Waals surface area contributed by atoms with E-state index < -0.39 is 15.4 Å². The van der Waals surface area contributed by atoms with E-state index in [-0.39, 0.29) is 0 Å². The van der Waals surface area contributed by atoms with Crippen LogP contribution in [0.5, 0.6) is 0 Å². The van der Waals surface area contributed by atoms with E-state index in [1.54, 1.807) is 0 Å². The monoisotopic (exact) mass is 202 g/mol. The summed E-state index contributed by atoms with van der Waals surface area (Å²) in [6.45, 7) is 4.53. The maximum atomic E-state index is 7.68. The Morgan fingerprint density at radius 3 is 1.36 bits per heavy atom. The molecule has 0 aliphatic carbocycles. The van der Waals surface area contributed by atoms with Crippen molar-refractivity contribution < 1.29 is 14.6 Å². The van der Waals surface area contributed by atoms with E-state index in [9.17, 15) is 0 Å². The van der Waals surface area contributed by atoms with Gasteiger partial charge in [0.1, 0.15) is 0 Å². The second-order valence-corrected chi connectivity index (χ2v) is 3.23. The van der Waals surface area contributed by atoms with Crippen molar-refractivity contribution in [2.75, 3.05) is 0 Å². The van der Waals surface area contributed by atoms with Crippen molar-refractivity contribution in [3.05, 3.63) is 0 Å². The van der Waals surface area contributed by atoms with Gasteiger partial charge in [0.05, 0.1) is 0 Å². The summed E-state index contributed by atoms with van der Waals surface area (Å²) in [4.78, 5) is 0. The van der Waals surface area contributed by atoms with Crippen LogP contribution in [0.15, 0.2) is 0 Å². The molecule has 0 amide bonds. The Balaban J connectivity index is 0. The van der Waals surface area contributed by atoms with Gasteiger partial charge in [-0.1, -0.05) is 58.8 Å². The first-order chi connectivity index (χ1) is 6.83. The molecule has 0 aliphatic heterocycles. The van der Waals surface area contributed by atoms with Crippen molar-refractivity contribution in [1.82, 2.24) is 0 Å². The van der Waals surface area contributed by atoms with Gasteiger partial charge in [-0.15, -0.1) is 0 Å². The average molecular weight is 202 g/mol. The van der Waals surface area contributed by atoms with Gasteiger partial charge in [0, 0.05) is 0 Å². The fraction of sp³-hybridized carbons (Fsp3) is 1.00. The highest BCUT2D eigenvalue weighted by Gasteiger charge is 1.85. The highest BCUT2D eigenvalue weighted by molar-refractivity contribution is 6.32. The molecule has 5 heteroatoms. The Kier molecular flexibility index (Phi) is 22.0. The standard InChI is InChI=1S/C9H20.B2H4O3/c1-3-5-7-9-8-6-4-2;3-1-5-2-4/h3-9H2,1-2H3;1-4H. The molecule has 14 heavy (non-hydrogen) atoms. The summed E-state index contributed by atoms with van der Waals surface area (Å²) in [6, 6.07) is 0. The predicted molar refractivity (Wildman–Crippen MR) is 63.5 cm³/mol. The van der Waals surface area contributed by atoms with Crippen LogP contribution in [-0.2, 0) is 4.57 Å². The summed E-state index contributed by atoms with van der Waals surface area (Å²) in [7, 11) is -0.812. The van der Waals surface area contributed by atoms with Crippen LogP contribution in [0.4, 0.5) is 0 Å². The first kappa shape index (κ1) is 16.4. The van der Waals surface area contributed by atoms with Crippen LogP contribution in [0.1, 0.15) is 58.8 Å². The van der Waals surface area contributed by atoms with Crippen LogP contribution in [-0.4, -0.2) is 25.4 Å². The summed E-state index contributed by atoms with van der Waals surface area (Å²) in [6.07, 6.45) is 9.97. The zero-order chi connectivity index (χ0) is 11.1. The molecule has 0 heterocycles. The van der Waals surface area contributed by atoms with E-state index in [0.717, 1.165) is 0 Å². The van der Waals surface area contributed by atoms with Gasteiger partial charge in [-0.3, -0.25) is 0 Å². The second kappa shape index (κ2) is 18.7. The van der Waals surface area contributed by atoms with Crippen LogP contribution in [0.2, 0.25) is 0 Å². The molecule has 3 nitrogen and oxygen atoms in total. The number of unbranched alkanes of at least 4 members (excludes halogenated alkanes) is 6. The van der Waals surface area contributed by atoms with Crippen molar-refractivity contribution in [2.45, 2.75) is 58.8 Å². The van der Waals surface area contributed by atoms with Gasteiger partial charge in [0.15, 0.2) is 0 Å². The smallest absolute Gasteiger partial charge is 0.421 e. The van der Waals surface area contributed by atoms with Crippen LogP contribution in [0.3, 0.4) is 0 Å². The number of hydrogen-bond acceptors (Lipinski definition) is 3. The minimum atomic E-state index is -0.406. The lowest BCUT2D eigenvalue weighted by Gasteiger charge is -1.96. The van der Waals surface area contributed by atoms with Gasteiger partial charge in [0.25, 0.3) is 0 Å². The fourth-order valence-electron chi connectivity index (χ4n) is 1.07. The van der Waals surface area contributed by atoms with E-state index in [1.165, 1.54) is 44.9 Å². The van der Waals surface area contributed by atoms with Crippen LogP contribution < -0.4 is 0 Å². The molecule has 0 aromatic heterocycles. The van der Waals surface area contributed by atoms with E-state index in [1.807, 2.05) is 0 Å². The van der Waals surface area contributed by atoms with E-state index >= 15 is 0 Å². The maximum absolute atomic E-state index is 7.68. The molecular formula is C9H24B2O3. The Morgan fingerprint density at radius 1 is 0.786 bits per heavy atom. The molecule has 0 aromatic rings. The van der Waals surface area contributed by atoms with Gasteiger partial charge < -0.3 is 14.6 Å². The third-order valence-corrected chi connectivity index (χ3v) is 1.89. The SMILES string of the molecule is CCCCCCCCC.OBOBO. The summed E-state index contributed by atoms with van der Waals surface area (Å²) < 4.78 is 3.94. The molecule has 0 aliphatic rings. The molecule has 0 unspecified atom stereocenters. The topological polar surface area (TPSA) is 49.7 Å². The summed E-state index contributed by atoms with van der Waals surface area (Å²) >= 11 is 0. The van der Waals surface area contributed by atoms with E-state index in [0.29, 0.717) is 0 Å². The Morgan fingerprint density at radius 2 is 1.14 bits per heavy atom. The first-order valence-corrected chi connectivity index (χ1v) is 5.62. The third-order valence-electron chi connectivity index (χ3n) is 1.89. The van der Waals surface area contributed by atoms with Crippen LogP contribution in [0.25, 0.3) is 0 Å². The molecule has 0 radical (unpaired) electrons. The summed E-state index contributed by atoms with van der Waals surface area (Å²) in [5, 5.41) is 15.4. The van der Waals surface area contributed by atoms with Crippen molar-refractivity contribution in [3.8, 4) is 0 Å². The van der Waals surface area contributed by atoms with Gasteiger partial charge >= 0.3 is 15.4 Å². The molecule has 0 atom stereocenters. The Bertz CT molecular complexity index is 76.5. The predicted octanol–water partition coefficient (Wildman–Crippen LogP) is 1.28. The molecule has 2 N–H and O–H groups in total. The molecule has 0 bridgehead atoms. The van der Waals surface area contributed by atoms with Crippen LogP contribution >= 0.6 is 0 Å². The quantitative estimate of drug-likeness (QED) is 0.460. The van der Waals surface area contributed by atoms with E-state index in [4.69, 9.17) is 10.0 Å².